The van der Waals surface area contributed by atoms with Gasteiger partial charge in [0.05, 0.1) is 37.9 Å². The van der Waals surface area contributed by atoms with Gasteiger partial charge in [0.2, 0.25) is 5.91 Å². The van der Waals surface area contributed by atoms with Crippen LogP contribution >= 0.6 is 7.82 Å². The van der Waals surface area contributed by atoms with Gasteiger partial charge in [-0.3, -0.25) is 13.8 Å². The molecule has 224 valence electrons. The number of nitrogens with one attached hydrogen (secondary N) is 1. The van der Waals surface area contributed by atoms with Gasteiger partial charge in [0.1, 0.15) is 0 Å². The van der Waals surface area contributed by atoms with Crippen LogP contribution in [0, 0.1) is 0 Å². The number of phosphoric acid groups is 1. The number of amides is 1. The Morgan fingerprint density at radius 2 is 1.50 bits per heavy atom. The lowest BCUT2D eigenvalue weighted by Gasteiger charge is -2.24. The molecule has 0 heterocycles. The number of rotatable bonds is 26. The van der Waals surface area contributed by atoms with Crippen molar-refractivity contribution in [2.75, 3.05) is 19.8 Å². The SMILES string of the molecule is CCCC/C=C\CCCCCC(O)CC(=O)NC(COP(=O)(O)OCCN)C(O)/C=C/CCCCCCC. The fourth-order valence-corrected chi connectivity index (χ4v) is 4.56. The van der Waals surface area contributed by atoms with Crippen molar-refractivity contribution in [3.05, 3.63) is 24.3 Å². The molecule has 38 heavy (non-hydrogen) atoms. The van der Waals surface area contributed by atoms with E-state index in [4.69, 9.17) is 14.8 Å². The summed E-state index contributed by atoms with van der Waals surface area (Å²) in [6.45, 7) is 3.79. The van der Waals surface area contributed by atoms with Crippen LogP contribution in [0.15, 0.2) is 24.3 Å². The van der Waals surface area contributed by atoms with Gasteiger partial charge in [-0.1, -0.05) is 89.5 Å². The number of carbonyl (C=O) groups is 1. The van der Waals surface area contributed by atoms with Gasteiger partial charge >= 0.3 is 7.82 Å². The Balaban J connectivity index is 4.64. The minimum atomic E-state index is -4.37. The van der Waals surface area contributed by atoms with Crippen LogP contribution in [-0.2, 0) is 18.4 Å². The van der Waals surface area contributed by atoms with Gasteiger partial charge in [0.25, 0.3) is 0 Å². The summed E-state index contributed by atoms with van der Waals surface area (Å²) in [6, 6.07) is -0.979. The highest BCUT2D eigenvalue weighted by Crippen LogP contribution is 2.43. The maximum Gasteiger partial charge on any atom is 0.472 e. The fraction of sp³-hybridized carbons (Fsp3) is 0.821. The molecule has 9 nitrogen and oxygen atoms in total. The third kappa shape index (κ3) is 22.9. The minimum Gasteiger partial charge on any atom is -0.393 e. The van der Waals surface area contributed by atoms with Gasteiger partial charge in [0.15, 0.2) is 0 Å². The third-order valence-electron chi connectivity index (χ3n) is 6.08. The molecule has 0 bridgehead atoms. The summed E-state index contributed by atoms with van der Waals surface area (Å²) in [5, 5.41) is 23.5. The Bertz CT molecular complexity index is 676. The zero-order valence-corrected chi connectivity index (χ0v) is 24.7. The number of aliphatic hydroxyl groups excluding tert-OH is 2. The number of hydrogen-bond acceptors (Lipinski definition) is 7. The Morgan fingerprint density at radius 1 is 0.895 bits per heavy atom. The first-order valence-electron chi connectivity index (χ1n) is 14.5. The van der Waals surface area contributed by atoms with Crippen molar-refractivity contribution in [3.8, 4) is 0 Å². The summed E-state index contributed by atoms with van der Waals surface area (Å²) in [4.78, 5) is 22.3. The standard InChI is InChI=1S/C28H55N2O7P/c1-3-5-7-9-11-12-14-15-17-19-25(31)23-28(33)30-26(24-37-38(34,35)36-22-21-29)27(32)20-18-16-13-10-8-6-4-2/h9,11,18,20,25-27,31-32H,3-8,10,12-17,19,21-24,29H2,1-2H3,(H,30,33)(H,34,35)/b11-9-,20-18+. The van der Waals surface area contributed by atoms with E-state index in [0.717, 1.165) is 51.4 Å². The van der Waals surface area contributed by atoms with Gasteiger partial charge in [-0.15, -0.1) is 0 Å². The monoisotopic (exact) mass is 562 g/mol. The lowest BCUT2D eigenvalue weighted by Crippen LogP contribution is -2.46. The van der Waals surface area contributed by atoms with Gasteiger partial charge in [-0.05, 0) is 38.5 Å². The first-order valence-corrected chi connectivity index (χ1v) is 16.0. The molecule has 0 aromatic rings. The van der Waals surface area contributed by atoms with E-state index in [0.29, 0.717) is 6.42 Å². The van der Waals surface area contributed by atoms with E-state index >= 15 is 0 Å². The molecule has 0 aromatic heterocycles. The number of aliphatic hydroxyl groups is 2. The Labute approximate surface area is 230 Å². The van der Waals surface area contributed by atoms with Crippen molar-refractivity contribution < 1.29 is 33.5 Å². The summed E-state index contributed by atoms with van der Waals surface area (Å²) in [5.41, 5.74) is 5.29. The molecular weight excluding hydrogens is 507 g/mol. The van der Waals surface area contributed by atoms with Crippen molar-refractivity contribution >= 4 is 13.7 Å². The van der Waals surface area contributed by atoms with Gasteiger partial charge in [-0.2, -0.15) is 0 Å². The van der Waals surface area contributed by atoms with Gasteiger partial charge < -0.3 is 26.2 Å². The lowest BCUT2D eigenvalue weighted by atomic mass is 10.1. The molecule has 0 rings (SSSR count). The average Bonchev–Trinajstić information content (AvgIpc) is 2.88. The second-order valence-electron chi connectivity index (χ2n) is 9.79. The molecule has 0 aliphatic carbocycles. The normalized spacial score (nSPS) is 16.1. The molecule has 4 atom stereocenters. The summed E-state index contributed by atoms with van der Waals surface area (Å²) >= 11 is 0. The molecule has 0 aliphatic heterocycles. The number of hydrogen-bond donors (Lipinski definition) is 5. The fourth-order valence-electron chi connectivity index (χ4n) is 3.80. The van der Waals surface area contributed by atoms with E-state index in [-0.39, 0.29) is 19.6 Å². The lowest BCUT2D eigenvalue weighted by molar-refractivity contribution is -0.124. The van der Waals surface area contributed by atoms with Gasteiger partial charge in [0, 0.05) is 6.54 Å². The molecule has 4 unspecified atom stereocenters. The van der Waals surface area contributed by atoms with E-state index in [2.05, 4.69) is 31.3 Å². The zero-order chi connectivity index (χ0) is 28.5. The highest BCUT2D eigenvalue weighted by atomic mass is 31.2. The van der Waals surface area contributed by atoms with Crippen molar-refractivity contribution in [2.45, 2.75) is 128 Å². The number of unbranched alkanes of at least 4 members (excludes halogenated alkanes) is 10. The Morgan fingerprint density at radius 3 is 2.16 bits per heavy atom. The third-order valence-corrected chi connectivity index (χ3v) is 7.06. The molecule has 0 saturated carbocycles. The Kier molecular flexibility index (Phi) is 24.2. The number of carbonyl (C=O) groups excluding carboxylic acids is 1. The predicted molar refractivity (Wildman–Crippen MR) is 154 cm³/mol. The van der Waals surface area contributed by atoms with Crippen LogP contribution in [0.2, 0.25) is 0 Å². The molecule has 0 fully saturated rings. The molecule has 0 radical (unpaired) electrons. The molecular formula is C28H55N2O7P. The van der Waals surface area contributed by atoms with Crippen LogP contribution in [-0.4, -0.2) is 59.0 Å². The van der Waals surface area contributed by atoms with Crippen LogP contribution in [0.5, 0.6) is 0 Å². The molecule has 0 aliphatic rings. The summed E-state index contributed by atoms with van der Waals surface area (Å²) in [7, 11) is -4.37. The van der Waals surface area contributed by atoms with Crippen LogP contribution in [0.1, 0.15) is 110 Å². The van der Waals surface area contributed by atoms with Crippen LogP contribution < -0.4 is 11.1 Å². The first kappa shape index (κ1) is 36.9. The molecule has 10 heteroatoms. The highest BCUT2D eigenvalue weighted by Gasteiger charge is 2.27. The van der Waals surface area contributed by atoms with E-state index in [1.54, 1.807) is 6.08 Å². The number of nitrogens with two attached hydrogens (primary N) is 1. The highest BCUT2D eigenvalue weighted by molar-refractivity contribution is 7.47. The topological polar surface area (TPSA) is 151 Å². The first-order chi connectivity index (χ1) is 18.3. The molecule has 6 N–H and O–H groups in total. The van der Waals surface area contributed by atoms with Crippen LogP contribution in [0.3, 0.4) is 0 Å². The van der Waals surface area contributed by atoms with Crippen LogP contribution in [0.25, 0.3) is 0 Å². The largest absolute Gasteiger partial charge is 0.472 e. The van der Waals surface area contributed by atoms with Crippen molar-refractivity contribution in [2.24, 2.45) is 5.73 Å². The molecule has 0 aromatic carbocycles. The quantitative estimate of drug-likeness (QED) is 0.0542. The van der Waals surface area contributed by atoms with E-state index in [1.807, 2.05) is 6.08 Å². The maximum absolute atomic E-state index is 12.6. The van der Waals surface area contributed by atoms with Gasteiger partial charge in [-0.25, -0.2) is 4.57 Å². The van der Waals surface area contributed by atoms with Crippen LogP contribution in [0.4, 0.5) is 0 Å². The van der Waals surface area contributed by atoms with E-state index in [9.17, 15) is 24.5 Å². The van der Waals surface area contributed by atoms with Crippen molar-refractivity contribution in [1.82, 2.24) is 5.32 Å². The summed E-state index contributed by atoms with van der Waals surface area (Å²) in [5.74, 6) is -0.465. The minimum absolute atomic E-state index is 0.0469. The number of phosphoric ester groups is 1. The Hall–Kier alpha value is -1.06. The zero-order valence-electron chi connectivity index (χ0n) is 23.8. The van der Waals surface area contributed by atoms with Crippen molar-refractivity contribution in [3.63, 3.8) is 0 Å². The molecule has 0 spiro atoms. The predicted octanol–water partition coefficient (Wildman–Crippen LogP) is 5.29. The second kappa shape index (κ2) is 24.9. The van der Waals surface area contributed by atoms with E-state index < -0.39 is 38.6 Å². The maximum atomic E-state index is 12.6. The molecule has 1 amide bonds. The number of allylic oxidation sites excluding steroid dienone is 3. The van der Waals surface area contributed by atoms with E-state index in [1.165, 1.54) is 32.1 Å². The molecule has 0 saturated heterocycles. The summed E-state index contributed by atoms with van der Waals surface area (Å²) in [6.07, 6.45) is 20.1. The smallest absolute Gasteiger partial charge is 0.393 e. The average molecular weight is 563 g/mol. The summed E-state index contributed by atoms with van der Waals surface area (Å²) < 4.78 is 21.7. The second-order valence-corrected chi connectivity index (χ2v) is 11.2. The van der Waals surface area contributed by atoms with Crippen molar-refractivity contribution in [1.29, 1.82) is 0 Å².